The molecule has 0 bridgehead atoms. The van der Waals surface area contributed by atoms with Crippen LogP contribution in [0.1, 0.15) is 20.7 Å². The zero-order valence-electron chi connectivity index (χ0n) is 10.7. The fourth-order valence-corrected chi connectivity index (χ4v) is 1.47. The van der Waals surface area contributed by atoms with Gasteiger partial charge in [0, 0.05) is 12.6 Å². The minimum atomic E-state index is -0.434. The van der Waals surface area contributed by atoms with Crippen LogP contribution < -0.4 is 9.47 Å². The van der Waals surface area contributed by atoms with Crippen LogP contribution in [0.5, 0.6) is 11.5 Å². The molecule has 0 radical (unpaired) electrons. The van der Waals surface area contributed by atoms with E-state index in [4.69, 9.17) is 14.3 Å². The van der Waals surface area contributed by atoms with E-state index in [0.29, 0.717) is 17.6 Å². The number of carbonyl (C=O) groups excluding carboxylic acids is 2. The third-order valence-electron chi connectivity index (χ3n) is 2.43. The Labute approximate surface area is 105 Å². The van der Waals surface area contributed by atoms with Gasteiger partial charge in [0.1, 0.15) is 6.29 Å². The maximum Gasteiger partial charge on any atom is 0.281 e. The van der Waals surface area contributed by atoms with Crippen molar-refractivity contribution in [2.75, 3.05) is 28.4 Å². The number of hydrogen-bond acceptors (Lipinski definition) is 5. The third-order valence-corrected chi connectivity index (χ3v) is 2.43. The molecular formula is C12H15NO5. The lowest BCUT2D eigenvalue weighted by Crippen LogP contribution is -2.26. The quantitative estimate of drug-likeness (QED) is 0.581. The monoisotopic (exact) mass is 253 g/mol. The van der Waals surface area contributed by atoms with Gasteiger partial charge in [-0.05, 0) is 12.1 Å². The van der Waals surface area contributed by atoms with Crippen LogP contribution in [0.3, 0.4) is 0 Å². The van der Waals surface area contributed by atoms with Crippen molar-refractivity contribution in [1.82, 2.24) is 5.06 Å². The van der Waals surface area contributed by atoms with Crippen molar-refractivity contribution < 1.29 is 23.9 Å². The molecular weight excluding hydrogens is 238 g/mol. The molecule has 0 heterocycles. The molecule has 0 unspecified atom stereocenters. The van der Waals surface area contributed by atoms with Gasteiger partial charge in [-0.15, -0.1) is 0 Å². The van der Waals surface area contributed by atoms with Crippen molar-refractivity contribution in [3.05, 3.63) is 23.3 Å². The standard InChI is InChI=1S/C12H15NO5/c1-13(18-4)12(15)9-5-8(7-14)6-10(16-2)11(9)17-3/h5-7H,1-4H3. The summed E-state index contributed by atoms with van der Waals surface area (Å²) in [7, 11) is 5.68. The summed E-state index contributed by atoms with van der Waals surface area (Å²) in [6.07, 6.45) is 0.630. The Balaban J connectivity index is 3.39. The van der Waals surface area contributed by atoms with Gasteiger partial charge in [-0.1, -0.05) is 0 Å². The van der Waals surface area contributed by atoms with Crippen LogP contribution in [-0.4, -0.2) is 45.6 Å². The normalized spacial score (nSPS) is 9.78. The predicted octanol–water partition coefficient (Wildman–Crippen LogP) is 1.15. The first kappa shape index (κ1) is 14.0. The molecule has 0 atom stereocenters. The molecule has 0 saturated heterocycles. The summed E-state index contributed by atoms with van der Waals surface area (Å²) in [5, 5.41) is 1.03. The van der Waals surface area contributed by atoms with Gasteiger partial charge in [-0.25, -0.2) is 5.06 Å². The highest BCUT2D eigenvalue weighted by Crippen LogP contribution is 2.32. The average Bonchev–Trinajstić information content (AvgIpc) is 2.43. The van der Waals surface area contributed by atoms with E-state index in [9.17, 15) is 9.59 Å². The summed E-state index contributed by atoms with van der Waals surface area (Å²) in [6.45, 7) is 0. The molecule has 0 aliphatic carbocycles. The number of amides is 1. The molecule has 1 rings (SSSR count). The van der Waals surface area contributed by atoms with E-state index in [1.807, 2.05) is 0 Å². The first-order valence-electron chi connectivity index (χ1n) is 5.12. The minimum absolute atomic E-state index is 0.198. The van der Waals surface area contributed by atoms with E-state index in [-0.39, 0.29) is 11.3 Å². The summed E-state index contributed by atoms with van der Waals surface area (Å²) in [6, 6.07) is 2.92. The van der Waals surface area contributed by atoms with Crippen molar-refractivity contribution in [2.24, 2.45) is 0 Å². The second-order valence-electron chi connectivity index (χ2n) is 3.41. The lowest BCUT2D eigenvalue weighted by atomic mass is 10.1. The van der Waals surface area contributed by atoms with E-state index in [2.05, 4.69) is 0 Å². The van der Waals surface area contributed by atoms with E-state index in [0.717, 1.165) is 5.06 Å². The lowest BCUT2D eigenvalue weighted by molar-refractivity contribution is -0.0758. The molecule has 0 saturated carbocycles. The number of benzene rings is 1. The number of carbonyl (C=O) groups is 2. The van der Waals surface area contributed by atoms with Gasteiger partial charge in [0.25, 0.3) is 5.91 Å². The number of hydrogen-bond donors (Lipinski definition) is 0. The molecule has 0 aliphatic rings. The van der Waals surface area contributed by atoms with Crippen LogP contribution in [0.2, 0.25) is 0 Å². The summed E-state index contributed by atoms with van der Waals surface area (Å²) in [4.78, 5) is 27.7. The van der Waals surface area contributed by atoms with Gasteiger partial charge < -0.3 is 9.47 Å². The molecule has 6 nitrogen and oxygen atoms in total. The van der Waals surface area contributed by atoms with Crippen LogP contribution in [0.25, 0.3) is 0 Å². The van der Waals surface area contributed by atoms with Crippen LogP contribution in [0.4, 0.5) is 0 Å². The molecule has 1 amide bonds. The van der Waals surface area contributed by atoms with Crippen molar-refractivity contribution in [3.8, 4) is 11.5 Å². The Morgan fingerprint density at radius 3 is 2.33 bits per heavy atom. The minimum Gasteiger partial charge on any atom is -0.493 e. The smallest absolute Gasteiger partial charge is 0.281 e. The van der Waals surface area contributed by atoms with Gasteiger partial charge in [-0.2, -0.15) is 0 Å². The maximum absolute atomic E-state index is 12.0. The highest BCUT2D eigenvalue weighted by molar-refractivity contribution is 5.99. The van der Waals surface area contributed by atoms with Crippen molar-refractivity contribution in [1.29, 1.82) is 0 Å². The van der Waals surface area contributed by atoms with Gasteiger partial charge in [0.05, 0.1) is 26.9 Å². The van der Waals surface area contributed by atoms with Gasteiger partial charge in [0.15, 0.2) is 11.5 Å². The SMILES string of the molecule is COc1cc(C=O)cc(C(=O)N(C)OC)c1OC. The zero-order chi connectivity index (χ0) is 13.7. The molecule has 98 valence electrons. The molecule has 0 aliphatic heterocycles. The van der Waals surface area contributed by atoms with Gasteiger partial charge in [-0.3, -0.25) is 14.4 Å². The Morgan fingerprint density at radius 1 is 1.22 bits per heavy atom. The molecule has 1 aromatic carbocycles. The first-order chi connectivity index (χ1) is 8.58. The molecule has 18 heavy (non-hydrogen) atoms. The van der Waals surface area contributed by atoms with Crippen LogP contribution in [0, 0.1) is 0 Å². The fourth-order valence-electron chi connectivity index (χ4n) is 1.47. The molecule has 0 N–H and O–H groups in total. The maximum atomic E-state index is 12.0. The van der Waals surface area contributed by atoms with Crippen molar-refractivity contribution >= 4 is 12.2 Å². The number of hydroxylamine groups is 2. The first-order valence-corrected chi connectivity index (χ1v) is 5.12. The Bertz CT molecular complexity index is 458. The number of rotatable bonds is 5. The third kappa shape index (κ3) is 2.60. The predicted molar refractivity (Wildman–Crippen MR) is 64.0 cm³/mol. The van der Waals surface area contributed by atoms with Gasteiger partial charge >= 0.3 is 0 Å². The zero-order valence-corrected chi connectivity index (χ0v) is 10.7. The Kier molecular flexibility index (Phi) is 4.67. The number of nitrogens with zero attached hydrogens (tertiary/aromatic N) is 1. The Morgan fingerprint density at radius 2 is 1.89 bits per heavy atom. The fraction of sp³-hybridized carbons (Fsp3) is 0.333. The summed E-state index contributed by atoms with van der Waals surface area (Å²) in [5.41, 5.74) is 0.517. The molecule has 1 aromatic rings. The molecule has 0 fully saturated rings. The van der Waals surface area contributed by atoms with Crippen molar-refractivity contribution in [2.45, 2.75) is 0 Å². The number of aldehydes is 1. The second-order valence-corrected chi connectivity index (χ2v) is 3.41. The van der Waals surface area contributed by atoms with E-state index >= 15 is 0 Å². The largest absolute Gasteiger partial charge is 0.493 e. The second kappa shape index (κ2) is 6.02. The topological polar surface area (TPSA) is 65.1 Å². The van der Waals surface area contributed by atoms with Crippen molar-refractivity contribution in [3.63, 3.8) is 0 Å². The summed E-state index contributed by atoms with van der Waals surface area (Å²) < 4.78 is 10.2. The molecule has 0 spiro atoms. The van der Waals surface area contributed by atoms with Crippen LogP contribution >= 0.6 is 0 Å². The molecule has 6 heteroatoms. The van der Waals surface area contributed by atoms with E-state index < -0.39 is 5.91 Å². The lowest BCUT2D eigenvalue weighted by Gasteiger charge is -2.17. The number of methoxy groups -OCH3 is 2. The number of ether oxygens (including phenoxy) is 2. The van der Waals surface area contributed by atoms with E-state index in [1.165, 1.54) is 40.5 Å². The van der Waals surface area contributed by atoms with Crippen LogP contribution in [-0.2, 0) is 4.84 Å². The highest BCUT2D eigenvalue weighted by atomic mass is 16.7. The van der Waals surface area contributed by atoms with E-state index in [1.54, 1.807) is 0 Å². The van der Waals surface area contributed by atoms with Crippen LogP contribution in [0.15, 0.2) is 12.1 Å². The van der Waals surface area contributed by atoms with Gasteiger partial charge in [0.2, 0.25) is 0 Å². The highest BCUT2D eigenvalue weighted by Gasteiger charge is 2.21. The Hall–Kier alpha value is -2.08. The average molecular weight is 253 g/mol. The molecule has 0 aromatic heterocycles. The summed E-state index contributed by atoms with van der Waals surface area (Å²) in [5.74, 6) is 0.142. The summed E-state index contributed by atoms with van der Waals surface area (Å²) >= 11 is 0.